The lowest BCUT2D eigenvalue weighted by Crippen LogP contribution is -2.39. The van der Waals surface area contributed by atoms with Crippen LogP contribution in [0.5, 0.6) is 0 Å². The number of aliphatic carboxylic acids is 1. The topological polar surface area (TPSA) is 75.6 Å². The van der Waals surface area contributed by atoms with Gasteiger partial charge in [-0.3, -0.25) is 9.59 Å². The second-order valence-corrected chi connectivity index (χ2v) is 5.13. The number of carboxylic acid groups (broad SMARTS) is 1. The minimum Gasteiger partial charge on any atom is -0.481 e. The summed E-state index contributed by atoms with van der Waals surface area (Å²) in [5.41, 5.74) is 1.02. The Labute approximate surface area is 125 Å². The second kappa shape index (κ2) is 9.13. The van der Waals surface area contributed by atoms with Gasteiger partial charge >= 0.3 is 5.97 Å². The third kappa shape index (κ3) is 7.46. The number of hydrogen-bond acceptors (Lipinski definition) is 3. The van der Waals surface area contributed by atoms with E-state index in [1.54, 1.807) is 6.92 Å². The Hall–Kier alpha value is -1.88. The maximum Gasteiger partial charge on any atom is 0.303 e. The number of amides is 1. The number of ether oxygens (including phenoxy) is 1. The summed E-state index contributed by atoms with van der Waals surface area (Å²) < 4.78 is 5.53. The highest BCUT2D eigenvalue weighted by Gasteiger charge is 2.15. The van der Waals surface area contributed by atoms with E-state index >= 15 is 0 Å². The third-order valence-electron chi connectivity index (χ3n) is 3.13. The summed E-state index contributed by atoms with van der Waals surface area (Å²) in [6.07, 6.45) is 0.784. The SMILES string of the molecule is CC(CCCC(=O)O)NC(=O)C(C)OCc1ccccc1. The zero-order chi connectivity index (χ0) is 15.7. The first-order valence-corrected chi connectivity index (χ1v) is 7.16. The zero-order valence-corrected chi connectivity index (χ0v) is 12.5. The molecule has 2 N–H and O–H groups in total. The molecule has 21 heavy (non-hydrogen) atoms. The van der Waals surface area contributed by atoms with Gasteiger partial charge in [-0.2, -0.15) is 0 Å². The minimum atomic E-state index is -0.812. The molecule has 0 aliphatic carbocycles. The Morgan fingerprint density at radius 1 is 1.24 bits per heavy atom. The number of carbonyl (C=O) groups excluding carboxylic acids is 1. The monoisotopic (exact) mass is 293 g/mol. The standard InChI is InChI=1S/C16H23NO4/c1-12(7-6-10-15(18)19)17-16(20)13(2)21-11-14-8-4-3-5-9-14/h3-5,8-9,12-13H,6-7,10-11H2,1-2H3,(H,17,20)(H,18,19). The number of hydrogen-bond donors (Lipinski definition) is 2. The molecular weight excluding hydrogens is 270 g/mol. The fourth-order valence-corrected chi connectivity index (χ4v) is 1.86. The summed E-state index contributed by atoms with van der Waals surface area (Å²) in [6.45, 7) is 3.97. The van der Waals surface area contributed by atoms with Crippen molar-refractivity contribution in [2.75, 3.05) is 0 Å². The van der Waals surface area contributed by atoms with Crippen LogP contribution in [0.25, 0.3) is 0 Å². The van der Waals surface area contributed by atoms with E-state index in [0.29, 0.717) is 19.4 Å². The van der Waals surface area contributed by atoms with E-state index in [9.17, 15) is 9.59 Å². The predicted octanol–water partition coefficient (Wildman–Crippen LogP) is 2.35. The van der Waals surface area contributed by atoms with Gasteiger partial charge in [0.05, 0.1) is 6.61 Å². The van der Waals surface area contributed by atoms with E-state index < -0.39 is 12.1 Å². The van der Waals surface area contributed by atoms with E-state index in [0.717, 1.165) is 5.56 Å². The normalized spacial score (nSPS) is 13.4. The zero-order valence-electron chi connectivity index (χ0n) is 12.5. The lowest BCUT2D eigenvalue weighted by molar-refractivity contribution is -0.137. The van der Waals surface area contributed by atoms with Gasteiger partial charge in [0.2, 0.25) is 5.91 Å². The Morgan fingerprint density at radius 2 is 1.90 bits per heavy atom. The average molecular weight is 293 g/mol. The number of nitrogens with one attached hydrogen (secondary N) is 1. The molecule has 0 spiro atoms. The first-order chi connectivity index (χ1) is 9.99. The Kier molecular flexibility index (Phi) is 7.46. The molecule has 2 atom stereocenters. The van der Waals surface area contributed by atoms with Crippen LogP contribution in [0.2, 0.25) is 0 Å². The maximum absolute atomic E-state index is 11.9. The highest BCUT2D eigenvalue weighted by Crippen LogP contribution is 2.05. The molecule has 0 saturated carbocycles. The smallest absolute Gasteiger partial charge is 0.303 e. The van der Waals surface area contributed by atoms with Gasteiger partial charge < -0.3 is 15.2 Å². The van der Waals surface area contributed by atoms with Crippen molar-refractivity contribution >= 4 is 11.9 Å². The van der Waals surface area contributed by atoms with E-state index in [2.05, 4.69) is 5.32 Å². The summed E-state index contributed by atoms with van der Waals surface area (Å²) in [7, 11) is 0. The van der Waals surface area contributed by atoms with Crippen LogP contribution in [0.4, 0.5) is 0 Å². The molecule has 0 heterocycles. The molecule has 2 unspecified atom stereocenters. The fraction of sp³-hybridized carbons (Fsp3) is 0.500. The molecule has 5 heteroatoms. The van der Waals surface area contributed by atoms with Gasteiger partial charge in [0, 0.05) is 12.5 Å². The Morgan fingerprint density at radius 3 is 2.52 bits per heavy atom. The van der Waals surface area contributed by atoms with Crippen LogP contribution in [-0.4, -0.2) is 29.1 Å². The molecule has 1 aromatic rings. The van der Waals surface area contributed by atoms with Gasteiger partial charge in [-0.15, -0.1) is 0 Å². The van der Waals surface area contributed by atoms with Crippen molar-refractivity contribution in [3.63, 3.8) is 0 Å². The van der Waals surface area contributed by atoms with E-state index in [4.69, 9.17) is 9.84 Å². The van der Waals surface area contributed by atoms with Gasteiger partial charge in [0.15, 0.2) is 0 Å². The summed E-state index contributed by atoms with van der Waals surface area (Å²) in [5.74, 6) is -0.984. The van der Waals surface area contributed by atoms with Gasteiger partial charge in [0.1, 0.15) is 6.10 Å². The number of benzene rings is 1. The predicted molar refractivity (Wildman–Crippen MR) is 79.8 cm³/mol. The third-order valence-corrected chi connectivity index (χ3v) is 3.13. The van der Waals surface area contributed by atoms with Gasteiger partial charge in [-0.25, -0.2) is 0 Å². The molecule has 116 valence electrons. The summed E-state index contributed by atoms with van der Waals surface area (Å²) in [4.78, 5) is 22.3. The lowest BCUT2D eigenvalue weighted by Gasteiger charge is -2.17. The molecule has 5 nitrogen and oxygen atoms in total. The van der Waals surface area contributed by atoms with E-state index in [1.165, 1.54) is 0 Å². The van der Waals surface area contributed by atoms with Crippen LogP contribution in [-0.2, 0) is 20.9 Å². The van der Waals surface area contributed by atoms with E-state index in [1.807, 2.05) is 37.3 Å². The number of rotatable bonds is 9. The van der Waals surface area contributed by atoms with Gasteiger partial charge in [-0.1, -0.05) is 30.3 Å². The summed E-state index contributed by atoms with van der Waals surface area (Å²) in [6, 6.07) is 9.61. The molecule has 0 bridgehead atoms. The Balaban J connectivity index is 2.25. The minimum absolute atomic E-state index is 0.0559. The quantitative estimate of drug-likeness (QED) is 0.733. The average Bonchev–Trinajstić information content (AvgIpc) is 2.45. The van der Waals surface area contributed by atoms with Crippen molar-refractivity contribution < 1.29 is 19.4 Å². The summed E-state index contributed by atoms with van der Waals surface area (Å²) >= 11 is 0. The summed E-state index contributed by atoms with van der Waals surface area (Å²) in [5, 5.41) is 11.4. The molecule has 0 saturated heterocycles. The van der Waals surface area contributed by atoms with Crippen molar-refractivity contribution in [3.05, 3.63) is 35.9 Å². The van der Waals surface area contributed by atoms with Crippen molar-refractivity contribution in [3.8, 4) is 0 Å². The highest BCUT2D eigenvalue weighted by atomic mass is 16.5. The van der Waals surface area contributed by atoms with Crippen LogP contribution in [0.1, 0.15) is 38.7 Å². The Bertz CT molecular complexity index is 447. The fourth-order valence-electron chi connectivity index (χ4n) is 1.86. The van der Waals surface area contributed by atoms with Crippen molar-refractivity contribution in [1.82, 2.24) is 5.32 Å². The lowest BCUT2D eigenvalue weighted by atomic mass is 10.1. The van der Waals surface area contributed by atoms with Crippen LogP contribution < -0.4 is 5.32 Å². The molecular formula is C16H23NO4. The molecule has 0 fully saturated rings. The molecule has 0 aliphatic rings. The van der Waals surface area contributed by atoms with Crippen LogP contribution in [0.3, 0.4) is 0 Å². The molecule has 0 aliphatic heterocycles. The molecule has 0 aromatic heterocycles. The van der Waals surface area contributed by atoms with Gasteiger partial charge in [-0.05, 0) is 32.3 Å². The number of carbonyl (C=O) groups is 2. The van der Waals surface area contributed by atoms with Crippen molar-refractivity contribution in [2.24, 2.45) is 0 Å². The second-order valence-electron chi connectivity index (χ2n) is 5.13. The number of carboxylic acids is 1. The largest absolute Gasteiger partial charge is 0.481 e. The first-order valence-electron chi connectivity index (χ1n) is 7.16. The highest BCUT2D eigenvalue weighted by molar-refractivity contribution is 5.80. The molecule has 1 rings (SSSR count). The van der Waals surface area contributed by atoms with Crippen LogP contribution in [0.15, 0.2) is 30.3 Å². The molecule has 1 amide bonds. The molecule has 0 radical (unpaired) electrons. The van der Waals surface area contributed by atoms with Crippen LogP contribution >= 0.6 is 0 Å². The van der Waals surface area contributed by atoms with Gasteiger partial charge in [0.25, 0.3) is 0 Å². The van der Waals surface area contributed by atoms with Crippen LogP contribution in [0, 0.1) is 0 Å². The molecule has 1 aromatic carbocycles. The maximum atomic E-state index is 11.9. The van der Waals surface area contributed by atoms with E-state index in [-0.39, 0.29) is 18.4 Å². The van der Waals surface area contributed by atoms with Crippen molar-refractivity contribution in [2.45, 2.75) is 51.9 Å². The van der Waals surface area contributed by atoms with Crippen molar-refractivity contribution in [1.29, 1.82) is 0 Å². The first kappa shape index (κ1) is 17.2.